The zero-order chi connectivity index (χ0) is 24.8. The lowest BCUT2D eigenvalue weighted by atomic mass is 9.64. The summed E-state index contributed by atoms with van der Waals surface area (Å²) < 4.78 is 14.5. The topological polar surface area (TPSA) is 48.1 Å². The Bertz CT molecular complexity index is 1340. The molecule has 6 rings (SSSR count). The van der Waals surface area contributed by atoms with Crippen LogP contribution in [0.3, 0.4) is 0 Å². The Morgan fingerprint density at radius 2 is 1.94 bits per heavy atom. The Morgan fingerprint density at radius 3 is 2.78 bits per heavy atom. The third-order valence-corrected chi connectivity index (χ3v) is 8.84. The van der Waals surface area contributed by atoms with Gasteiger partial charge in [0.1, 0.15) is 0 Å². The molecule has 2 aromatic carbocycles. The predicted molar refractivity (Wildman–Crippen MR) is 138 cm³/mol. The molecule has 0 unspecified atom stereocenters. The lowest BCUT2D eigenvalue weighted by molar-refractivity contribution is -0.154. The molecule has 0 N–H and O–H groups in total. The maximum Gasteiger partial charge on any atom is 0.309 e. The fourth-order valence-corrected chi connectivity index (χ4v) is 7.12. The molecule has 0 radical (unpaired) electrons. The van der Waals surface area contributed by atoms with Crippen molar-refractivity contribution in [1.29, 1.82) is 0 Å². The van der Waals surface area contributed by atoms with Gasteiger partial charge in [-0.05, 0) is 61.1 Å². The summed E-state index contributed by atoms with van der Waals surface area (Å²) in [6.07, 6.45) is 3.41. The molecule has 1 fully saturated rings. The monoisotopic (exact) mass is 483 g/mol. The number of hydrogen-bond donors (Lipinski definition) is 0. The van der Waals surface area contributed by atoms with E-state index in [1.54, 1.807) is 0 Å². The lowest BCUT2D eigenvalue weighted by Crippen LogP contribution is -2.44. The van der Waals surface area contributed by atoms with Crippen LogP contribution in [0.15, 0.2) is 48.5 Å². The van der Waals surface area contributed by atoms with Gasteiger partial charge in [0.25, 0.3) is 0 Å². The summed E-state index contributed by atoms with van der Waals surface area (Å²) in [7, 11) is 1.50. The van der Waals surface area contributed by atoms with E-state index in [1.807, 2.05) is 5.01 Å². The van der Waals surface area contributed by atoms with Crippen LogP contribution >= 0.6 is 0 Å². The van der Waals surface area contributed by atoms with Crippen LogP contribution in [-0.2, 0) is 27.3 Å². The summed E-state index contributed by atoms with van der Waals surface area (Å²) in [5, 5.41) is 3.12. The molecule has 36 heavy (non-hydrogen) atoms. The molecule has 0 spiro atoms. The van der Waals surface area contributed by atoms with Crippen molar-refractivity contribution in [2.24, 2.45) is 23.7 Å². The van der Waals surface area contributed by atoms with E-state index in [9.17, 15) is 4.79 Å². The lowest BCUT2D eigenvalue weighted by Gasteiger charge is -2.42. The molecular formula is C30H33N3O3. The maximum absolute atomic E-state index is 13.1. The van der Waals surface area contributed by atoms with Crippen LogP contribution in [0.25, 0.3) is 21.5 Å². The van der Waals surface area contributed by atoms with Gasteiger partial charge in [0, 0.05) is 10.9 Å². The second kappa shape index (κ2) is 9.29. The number of carbonyl (C=O) groups is 1. The first kappa shape index (κ1) is 23.1. The van der Waals surface area contributed by atoms with Gasteiger partial charge < -0.3 is 14.0 Å². The number of ether oxygens (including phenoxy) is 2. The molecule has 1 saturated carbocycles. The number of rotatable bonds is 1. The van der Waals surface area contributed by atoms with E-state index in [0.717, 1.165) is 31.4 Å². The summed E-state index contributed by atoms with van der Waals surface area (Å²) in [5.74, 6) is 0.288. The fourth-order valence-electron chi connectivity index (χ4n) is 7.12. The first-order valence-electron chi connectivity index (χ1n) is 13.1. The van der Waals surface area contributed by atoms with Crippen molar-refractivity contribution in [1.82, 2.24) is 9.58 Å². The number of esters is 1. The number of aromatic nitrogens is 1. The highest BCUT2D eigenvalue weighted by atomic mass is 16.5. The smallest absolute Gasteiger partial charge is 0.309 e. The van der Waals surface area contributed by atoms with Crippen LogP contribution < -0.4 is 0 Å². The molecule has 0 amide bonds. The van der Waals surface area contributed by atoms with Crippen LogP contribution in [0.4, 0.5) is 0 Å². The summed E-state index contributed by atoms with van der Waals surface area (Å²) in [4.78, 5) is 17.0. The first-order chi connectivity index (χ1) is 17.6. The predicted octanol–water partition coefficient (Wildman–Crippen LogP) is 5.74. The van der Waals surface area contributed by atoms with E-state index in [-0.39, 0.29) is 35.7 Å². The van der Waals surface area contributed by atoms with Gasteiger partial charge in [0.05, 0.1) is 55.7 Å². The van der Waals surface area contributed by atoms with Crippen LogP contribution in [-0.4, -0.2) is 35.7 Å². The Morgan fingerprint density at radius 1 is 1.14 bits per heavy atom. The van der Waals surface area contributed by atoms with Gasteiger partial charge in [0.2, 0.25) is 0 Å². The molecule has 6 heteroatoms. The number of hydrogen-bond acceptors (Lipinski definition) is 4. The SMILES string of the molecule is [C-]#[N+]N1CCc2c3n(c4ccccc24)-c2ccccc2CO[C@H]3C[C@@H]2[C@@H](CC[C@H](C)[C@@H]2C(=O)OC)C1. The van der Waals surface area contributed by atoms with Crippen molar-refractivity contribution in [2.75, 3.05) is 20.2 Å². The molecule has 6 nitrogen and oxygen atoms in total. The van der Waals surface area contributed by atoms with Gasteiger partial charge in [0.15, 0.2) is 0 Å². The Kier molecular flexibility index (Phi) is 5.97. The van der Waals surface area contributed by atoms with Gasteiger partial charge in [-0.3, -0.25) is 4.79 Å². The summed E-state index contributed by atoms with van der Waals surface area (Å²) >= 11 is 0. The molecule has 3 heterocycles. The van der Waals surface area contributed by atoms with E-state index in [1.165, 1.54) is 34.8 Å². The second-order valence-electron chi connectivity index (χ2n) is 10.7. The van der Waals surface area contributed by atoms with Crippen LogP contribution in [0, 0.1) is 30.2 Å². The van der Waals surface area contributed by atoms with Gasteiger partial charge in [-0.15, -0.1) is 5.01 Å². The Hall–Kier alpha value is -3.30. The second-order valence-corrected chi connectivity index (χ2v) is 10.7. The van der Waals surface area contributed by atoms with Gasteiger partial charge in [-0.2, -0.15) is 11.5 Å². The Labute approximate surface area is 212 Å². The molecule has 1 aliphatic carbocycles. The largest absolute Gasteiger partial charge is 0.469 e. The van der Waals surface area contributed by atoms with Crippen molar-refractivity contribution in [2.45, 2.75) is 45.3 Å². The molecular weight excluding hydrogens is 450 g/mol. The van der Waals surface area contributed by atoms with E-state index >= 15 is 0 Å². The number of para-hydroxylation sites is 2. The normalized spacial score (nSPS) is 27.7. The van der Waals surface area contributed by atoms with Crippen molar-refractivity contribution in [3.8, 4) is 5.69 Å². The average molecular weight is 484 g/mol. The standard InChI is InChI=1S/C30H33N3O3/c1-19-12-13-20-17-32(31-2)15-14-23-22-9-5-7-11-26(22)33-25-10-6-4-8-21(25)18-36-27(29(23)33)16-24(20)28(19)30(34)35-3/h4-11,19-20,24,27-28H,12-18H2,1,3H3/t19-,20-,24+,27-,28-/m0/s1. The minimum atomic E-state index is -0.184. The number of methoxy groups -OCH3 is 1. The molecule has 0 bridgehead atoms. The summed E-state index contributed by atoms with van der Waals surface area (Å²) in [5.41, 5.74) is 5.96. The summed E-state index contributed by atoms with van der Waals surface area (Å²) in [6.45, 7) is 12.0. The molecule has 5 atom stereocenters. The van der Waals surface area contributed by atoms with Crippen molar-refractivity contribution in [3.63, 3.8) is 0 Å². The highest BCUT2D eigenvalue weighted by molar-refractivity contribution is 5.88. The molecule has 186 valence electrons. The quantitative estimate of drug-likeness (QED) is 0.327. The highest BCUT2D eigenvalue weighted by Gasteiger charge is 2.46. The molecule has 3 aromatic rings. The molecule has 3 aliphatic rings. The van der Waals surface area contributed by atoms with Crippen molar-refractivity contribution < 1.29 is 14.3 Å². The number of benzene rings is 2. The zero-order valence-electron chi connectivity index (χ0n) is 21.0. The van der Waals surface area contributed by atoms with Gasteiger partial charge in [-0.1, -0.05) is 43.3 Å². The average Bonchev–Trinajstić information content (AvgIpc) is 3.14. The molecule has 1 aromatic heterocycles. The van der Waals surface area contributed by atoms with Gasteiger partial charge >= 0.3 is 5.97 Å². The number of carbonyl (C=O) groups excluding carboxylic acids is 1. The molecule has 0 saturated heterocycles. The van der Waals surface area contributed by atoms with Gasteiger partial charge in [-0.25, -0.2) is 0 Å². The zero-order valence-corrected chi connectivity index (χ0v) is 21.0. The minimum Gasteiger partial charge on any atom is -0.469 e. The maximum atomic E-state index is 13.1. The van der Waals surface area contributed by atoms with E-state index in [4.69, 9.17) is 16.0 Å². The van der Waals surface area contributed by atoms with Crippen molar-refractivity contribution >= 4 is 16.9 Å². The summed E-state index contributed by atoms with van der Waals surface area (Å²) in [6, 6.07) is 17.1. The first-order valence-corrected chi connectivity index (χ1v) is 13.1. The highest BCUT2D eigenvalue weighted by Crippen LogP contribution is 2.48. The van der Waals surface area contributed by atoms with Crippen molar-refractivity contribution in [3.05, 3.63) is 76.9 Å². The van der Waals surface area contributed by atoms with E-state index in [0.29, 0.717) is 19.7 Å². The van der Waals surface area contributed by atoms with Crippen LogP contribution in [0.2, 0.25) is 0 Å². The minimum absolute atomic E-state index is 0.0917. The number of fused-ring (bicyclic) bond motifs is 6. The number of nitrogens with zero attached hydrogens (tertiary/aromatic N) is 3. The molecule has 2 aliphatic heterocycles. The van der Waals surface area contributed by atoms with Crippen LogP contribution in [0.1, 0.15) is 49.1 Å². The third kappa shape index (κ3) is 3.69. The third-order valence-electron chi connectivity index (χ3n) is 8.84. The Balaban J connectivity index is 1.57. The van der Waals surface area contributed by atoms with E-state index in [2.05, 4.69) is 65.0 Å². The van der Waals surface area contributed by atoms with Crippen LogP contribution in [0.5, 0.6) is 0 Å². The van der Waals surface area contributed by atoms with E-state index < -0.39 is 0 Å². The fraction of sp³-hybridized carbons (Fsp3) is 0.467.